The molecule has 0 N–H and O–H groups in total. The lowest BCUT2D eigenvalue weighted by Gasteiger charge is -2.30. The molecular weight excluding hydrogens is 356 g/mol. The van der Waals surface area contributed by atoms with Crippen molar-refractivity contribution in [2.75, 3.05) is 46.5 Å². The van der Waals surface area contributed by atoms with Crippen LogP contribution < -0.4 is 4.74 Å². The molecule has 2 aliphatic rings. The lowest BCUT2D eigenvalue weighted by molar-refractivity contribution is 0.0696. The Balaban J connectivity index is 1.90. The molecule has 2 fully saturated rings. The van der Waals surface area contributed by atoms with Gasteiger partial charge in [0.2, 0.25) is 10.0 Å². The molecule has 0 saturated carbocycles. The van der Waals surface area contributed by atoms with Gasteiger partial charge in [-0.1, -0.05) is 6.92 Å². The number of rotatable bonds is 4. The zero-order chi connectivity index (χ0) is 18.7. The van der Waals surface area contributed by atoms with Crippen LogP contribution in [0.15, 0.2) is 23.1 Å². The lowest BCUT2D eigenvalue weighted by Crippen LogP contribution is -2.41. The molecule has 3 rings (SSSR count). The Morgan fingerprint density at radius 1 is 1.15 bits per heavy atom. The lowest BCUT2D eigenvalue weighted by atomic mass is 9.98. The number of carbonyl (C=O) groups excluding carboxylic acids is 1. The van der Waals surface area contributed by atoms with E-state index in [2.05, 4.69) is 6.92 Å². The minimum absolute atomic E-state index is 0.0399. The number of amides is 1. The molecule has 8 heteroatoms. The van der Waals surface area contributed by atoms with E-state index in [0.29, 0.717) is 50.9 Å². The van der Waals surface area contributed by atoms with Crippen molar-refractivity contribution in [3.63, 3.8) is 0 Å². The molecule has 0 atom stereocenters. The van der Waals surface area contributed by atoms with Crippen LogP contribution in [0, 0.1) is 5.92 Å². The standard InChI is InChI=1S/C18H26N2O5S/c1-14-5-7-19(8-6-14)18(21)15-3-4-16(24-2)17(13-15)26(22,23)20-9-11-25-12-10-20/h3-4,13-14H,5-12H2,1-2H3. The first-order valence-electron chi connectivity index (χ1n) is 8.98. The summed E-state index contributed by atoms with van der Waals surface area (Å²) in [6, 6.07) is 4.65. The molecule has 2 heterocycles. The van der Waals surface area contributed by atoms with Crippen molar-refractivity contribution in [3.05, 3.63) is 23.8 Å². The van der Waals surface area contributed by atoms with Gasteiger partial charge in [-0.15, -0.1) is 0 Å². The Morgan fingerprint density at radius 3 is 2.42 bits per heavy atom. The van der Waals surface area contributed by atoms with Gasteiger partial charge in [-0.25, -0.2) is 8.42 Å². The first kappa shape index (κ1) is 19.1. The number of morpholine rings is 1. The molecule has 0 spiro atoms. The fourth-order valence-electron chi connectivity index (χ4n) is 3.33. The van der Waals surface area contributed by atoms with Crippen LogP contribution in [-0.2, 0) is 14.8 Å². The van der Waals surface area contributed by atoms with E-state index in [0.717, 1.165) is 12.8 Å². The van der Waals surface area contributed by atoms with Gasteiger partial charge in [0.15, 0.2) is 0 Å². The van der Waals surface area contributed by atoms with Gasteiger partial charge >= 0.3 is 0 Å². The average molecular weight is 382 g/mol. The molecule has 0 bridgehead atoms. The predicted octanol–water partition coefficient (Wildman–Crippen LogP) is 1.59. The molecule has 26 heavy (non-hydrogen) atoms. The van der Waals surface area contributed by atoms with E-state index in [1.54, 1.807) is 17.0 Å². The topological polar surface area (TPSA) is 76.2 Å². The van der Waals surface area contributed by atoms with E-state index >= 15 is 0 Å². The number of hydrogen-bond acceptors (Lipinski definition) is 5. The summed E-state index contributed by atoms with van der Waals surface area (Å²) in [6.45, 7) is 4.93. The molecular formula is C18H26N2O5S. The molecule has 2 aliphatic heterocycles. The number of carbonyl (C=O) groups is 1. The third-order valence-electron chi connectivity index (χ3n) is 5.07. The molecule has 0 radical (unpaired) electrons. The minimum atomic E-state index is -3.74. The Hall–Kier alpha value is -1.64. The zero-order valence-electron chi connectivity index (χ0n) is 15.3. The fourth-order valence-corrected chi connectivity index (χ4v) is 4.92. The summed E-state index contributed by atoms with van der Waals surface area (Å²) < 4.78 is 37.9. The second-order valence-corrected chi connectivity index (χ2v) is 8.76. The SMILES string of the molecule is COc1ccc(C(=O)N2CCC(C)CC2)cc1S(=O)(=O)N1CCOCC1. The van der Waals surface area contributed by atoms with Gasteiger partial charge in [0.1, 0.15) is 10.6 Å². The highest BCUT2D eigenvalue weighted by molar-refractivity contribution is 7.89. The number of likely N-dealkylation sites (tertiary alicyclic amines) is 1. The molecule has 1 amide bonds. The van der Waals surface area contributed by atoms with Gasteiger partial charge in [0, 0.05) is 31.7 Å². The van der Waals surface area contributed by atoms with Gasteiger partial charge < -0.3 is 14.4 Å². The highest BCUT2D eigenvalue weighted by Crippen LogP contribution is 2.29. The van der Waals surface area contributed by atoms with Gasteiger partial charge in [0.25, 0.3) is 5.91 Å². The number of hydrogen-bond donors (Lipinski definition) is 0. The molecule has 0 unspecified atom stereocenters. The van der Waals surface area contributed by atoms with Crippen LogP contribution in [0.25, 0.3) is 0 Å². The third-order valence-corrected chi connectivity index (χ3v) is 6.99. The highest BCUT2D eigenvalue weighted by Gasteiger charge is 2.31. The summed E-state index contributed by atoms with van der Waals surface area (Å²) in [6.07, 6.45) is 1.95. The smallest absolute Gasteiger partial charge is 0.253 e. The van der Waals surface area contributed by atoms with Gasteiger partial charge in [-0.3, -0.25) is 4.79 Å². The van der Waals surface area contributed by atoms with Crippen molar-refractivity contribution >= 4 is 15.9 Å². The van der Waals surface area contributed by atoms with Crippen molar-refractivity contribution in [2.24, 2.45) is 5.92 Å². The summed E-state index contributed by atoms with van der Waals surface area (Å²) >= 11 is 0. The van der Waals surface area contributed by atoms with E-state index < -0.39 is 10.0 Å². The molecule has 2 saturated heterocycles. The average Bonchev–Trinajstić information content (AvgIpc) is 2.68. The van der Waals surface area contributed by atoms with Crippen LogP contribution >= 0.6 is 0 Å². The molecule has 7 nitrogen and oxygen atoms in total. The van der Waals surface area contributed by atoms with Crippen LogP contribution in [0.5, 0.6) is 5.75 Å². The monoisotopic (exact) mass is 382 g/mol. The summed E-state index contributed by atoms with van der Waals surface area (Å²) in [5.74, 6) is 0.741. The number of methoxy groups -OCH3 is 1. The molecule has 1 aromatic rings. The Labute approximate surface area is 154 Å². The van der Waals surface area contributed by atoms with Gasteiger partial charge in [0.05, 0.1) is 20.3 Å². The number of benzene rings is 1. The molecule has 1 aromatic carbocycles. The van der Waals surface area contributed by atoms with Gasteiger partial charge in [-0.05, 0) is 37.0 Å². The third kappa shape index (κ3) is 3.87. The Bertz CT molecular complexity index is 751. The second kappa shape index (κ2) is 7.94. The largest absolute Gasteiger partial charge is 0.495 e. The van der Waals surface area contributed by atoms with E-state index in [4.69, 9.17) is 9.47 Å². The first-order chi connectivity index (χ1) is 12.4. The Morgan fingerprint density at radius 2 is 1.81 bits per heavy atom. The predicted molar refractivity (Wildman–Crippen MR) is 96.9 cm³/mol. The van der Waals surface area contributed by atoms with Crippen molar-refractivity contribution in [1.29, 1.82) is 0 Å². The van der Waals surface area contributed by atoms with E-state index in [-0.39, 0.29) is 16.6 Å². The normalized spacial score (nSPS) is 20.2. The Kier molecular flexibility index (Phi) is 5.84. The van der Waals surface area contributed by atoms with E-state index in [1.165, 1.54) is 17.5 Å². The maximum Gasteiger partial charge on any atom is 0.253 e. The van der Waals surface area contributed by atoms with E-state index in [1.807, 2.05) is 0 Å². The quantitative estimate of drug-likeness (QED) is 0.790. The van der Waals surface area contributed by atoms with Crippen molar-refractivity contribution < 1.29 is 22.7 Å². The number of sulfonamides is 1. The fraction of sp³-hybridized carbons (Fsp3) is 0.611. The minimum Gasteiger partial charge on any atom is -0.495 e. The highest BCUT2D eigenvalue weighted by atomic mass is 32.2. The van der Waals surface area contributed by atoms with E-state index in [9.17, 15) is 13.2 Å². The van der Waals surface area contributed by atoms with Crippen molar-refractivity contribution in [2.45, 2.75) is 24.7 Å². The zero-order valence-corrected chi connectivity index (χ0v) is 16.1. The van der Waals surface area contributed by atoms with Crippen molar-refractivity contribution in [3.8, 4) is 5.75 Å². The number of ether oxygens (including phenoxy) is 2. The first-order valence-corrected chi connectivity index (χ1v) is 10.4. The summed E-state index contributed by atoms with van der Waals surface area (Å²) in [7, 11) is -2.31. The molecule has 0 aromatic heterocycles. The molecule has 0 aliphatic carbocycles. The second-order valence-electron chi connectivity index (χ2n) is 6.86. The maximum atomic E-state index is 13.0. The van der Waals surface area contributed by atoms with Gasteiger partial charge in [-0.2, -0.15) is 4.31 Å². The number of piperidine rings is 1. The van der Waals surface area contributed by atoms with Crippen LogP contribution in [0.3, 0.4) is 0 Å². The summed E-state index contributed by atoms with van der Waals surface area (Å²) in [4.78, 5) is 14.7. The van der Waals surface area contributed by atoms with Crippen LogP contribution in [0.2, 0.25) is 0 Å². The van der Waals surface area contributed by atoms with Crippen LogP contribution in [-0.4, -0.2) is 70.0 Å². The summed E-state index contributed by atoms with van der Waals surface area (Å²) in [5.41, 5.74) is 0.382. The summed E-state index contributed by atoms with van der Waals surface area (Å²) in [5, 5.41) is 0. The molecule has 144 valence electrons. The van der Waals surface area contributed by atoms with Crippen LogP contribution in [0.4, 0.5) is 0 Å². The maximum absolute atomic E-state index is 13.0. The van der Waals surface area contributed by atoms with Crippen LogP contribution in [0.1, 0.15) is 30.1 Å². The number of nitrogens with zero attached hydrogens (tertiary/aromatic N) is 2. The van der Waals surface area contributed by atoms with Crippen molar-refractivity contribution in [1.82, 2.24) is 9.21 Å².